The molecule has 0 saturated carbocycles. The standard InChI is InChI=1S/C27H29FN2O3.ClH/c1-32-24-10-19-9-20(26(31)23(19)11-25(24)33-2)12-27(28)13-21-7-8-22(14-27)30(21)16-18-6-4-3-5-17(18)15-29;/h3-6,10-11,20-22H,7-9,12-14,16H2,1-2H3;1H. The molecule has 7 heteroatoms. The Morgan fingerprint density at radius 3 is 2.41 bits per heavy atom. The quantitative estimate of drug-likeness (QED) is 0.558. The highest BCUT2D eigenvalue weighted by Crippen LogP contribution is 2.48. The van der Waals surface area contributed by atoms with Crippen LogP contribution in [-0.4, -0.2) is 42.7 Å². The van der Waals surface area contributed by atoms with Gasteiger partial charge in [0, 0.05) is 30.1 Å². The first-order valence-electron chi connectivity index (χ1n) is 11.7. The Labute approximate surface area is 206 Å². The van der Waals surface area contributed by atoms with Crippen molar-refractivity contribution < 1.29 is 18.7 Å². The molecule has 1 aliphatic carbocycles. The molecule has 34 heavy (non-hydrogen) atoms. The minimum absolute atomic E-state index is 0. The summed E-state index contributed by atoms with van der Waals surface area (Å²) in [5.74, 6) is 0.806. The van der Waals surface area contributed by atoms with Gasteiger partial charge in [-0.25, -0.2) is 4.39 Å². The van der Waals surface area contributed by atoms with E-state index in [1.54, 1.807) is 20.3 Å². The van der Waals surface area contributed by atoms with Crippen molar-refractivity contribution in [3.05, 3.63) is 58.7 Å². The van der Waals surface area contributed by atoms with Crippen LogP contribution in [-0.2, 0) is 13.0 Å². The molecular weight excluding hydrogens is 455 g/mol. The van der Waals surface area contributed by atoms with Crippen molar-refractivity contribution in [2.24, 2.45) is 5.92 Å². The van der Waals surface area contributed by atoms with Crippen LogP contribution >= 0.6 is 12.4 Å². The lowest BCUT2D eigenvalue weighted by Crippen LogP contribution is -2.49. The number of benzene rings is 2. The normalized spacial score (nSPS) is 27.6. The first-order valence-corrected chi connectivity index (χ1v) is 11.7. The van der Waals surface area contributed by atoms with Crippen LogP contribution in [0.4, 0.5) is 4.39 Å². The van der Waals surface area contributed by atoms with Gasteiger partial charge in [-0.2, -0.15) is 5.26 Å². The van der Waals surface area contributed by atoms with Crippen LogP contribution in [0.25, 0.3) is 0 Å². The fourth-order valence-electron chi connectivity index (χ4n) is 6.27. The highest BCUT2D eigenvalue weighted by molar-refractivity contribution is 6.03. The number of nitrogens with zero attached hydrogens (tertiary/aromatic N) is 2. The van der Waals surface area contributed by atoms with Crippen LogP contribution in [0, 0.1) is 17.2 Å². The summed E-state index contributed by atoms with van der Waals surface area (Å²) in [6.07, 6.45) is 3.65. The zero-order valence-corrected chi connectivity index (χ0v) is 20.4. The third-order valence-corrected chi connectivity index (χ3v) is 7.79. The molecule has 2 bridgehead atoms. The molecule has 0 radical (unpaired) electrons. The summed E-state index contributed by atoms with van der Waals surface area (Å²) in [6, 6.07) is 13.8. The molecule has 2 saturated heterocycles. The largest absolute Gasteiger partial charge is 0.493 e. The number of halogens is 2. The minimum Gasteiger partial charge on any atom is -0.493 e. The smallest absolute Gasteiger partial charge is 0.166 e. The first-order chi connectivity index (χ1) is 15.9. The minimum atomic E-state index is -1.34. The fourth-order valence-corrected chi connectivity index (χ4v) is 6.27. The van der Waals surface area contributed by atoms with E-state index in [2.05, 4.69) is 11.0 Å². The molecular formula is C27H30ClFN2O3. The number of alkyl halides is 1. The number of carbonyl (C=O) groups excluding carboxylic acids is 1. The summed E-state index contributed by atoms with van der Waals surface area (Å²) in [5.41, 5.74) is 1.91. The highest BCUT2D eigenvalue weighted by Gasteiger charge is 2.50. The summed E-state index contributed by atoms with van der Waals surface area (Å²) >= 11 is 0. The van der Waals surface area contributed by atoms with E-state index in [-0.39, 0.29) is 42.6 Å². The number of Topliss-reactive ketones (excluding diaryl/α,β-unsaturated/α-hetero) is 1. The average Bonchev–Trinajstić information content (AvgIpc) is 3.25. The molecule has 0 N–H and O–H groups in total. The van der Waals surface area contributed by atoms with Gasteiger partial charge < -0.3 is 9.47 Å². The molecule has 3 unspecified atom stereocenters. The molecule has 2 aromatic carbocycles. The summed E-state index contributed by atoms with van der Waals surface area (Å²) in [5, 5.41) is 9.43. The van der Waals surface area contributed by atoms with Gasteiger partial charge in [-0.3, -0.25) is 9.69 Å². The second-order valence-electron chi connectivity index (χ2n) is 9.72. The summed E-state index contributed by atoms with van der Waals surface area (Å²) in [6.45, 7) is 0.683. The molecule has 2 aliphatic heterocycles. The number of ketones is 1. The van der Waals surface area contributed by atoms with E-state index in [4.69, 9.17) is 9.47 Å². The Morgan fingerprint density at radius 1 is 1.12 bits per heavy atom. The van der Waals surface area contributed by atoms with Gasteiger partial charge in [0.25, 0.3) is 0 Å². The first kappa shape index (κ1) is 24.5. The van der Waals surface area contributed by atoms with Crippen LogP contribution < -0.4 is 9.47 Å². The number of piperidine rings is 1. The van der Waals surface area contributed by atoms with Gasteiger partial charge >= 0.3 is 0 Å². The Kier molecular flexibility index (Phi) is 6.89. The second-order valence-corrected chi connectivity index (χ2v) is 9.72. The van der Waals surface area contributed by atoms with Crippen molar-refractivity contribution in [1.82, 2.24) is 4.90 Å². The summed E-state index contributed by atoms with van der Waals surface area (Å²) in [4.78, 5) is 15.5. The van der Waals surface area contributed by atoms with Crippen LogP contribution in [0.2, 0.25) is 0 Å². The van der Waals surface area contributed by atoms with Crippen molar-refractivity contribution in [2.75, 3.05) is 14.2 Å². The Hall–Kier alpha value is -2.62. The van der Waals surface area contributed by atoms with E-state index in [9.17, 15) is 10.1 Å². The molecule has 5 rings (SSSR count). The van der Waals surface area contributed by atoms with Crippen molar-refractivity contribution >= 4 is 18.2 Å². The van der Waals surface area contributed by atoms with Crippen LogP contribution in [0.5, 0.6) is 11.5 Å². The van der Waals surface area contributed by atoms with Crippen LogP contribution in [0.1, 0.15) is 59.2 Å². The lowest BCUT2D eigenvalue weighted by Gasteiger charge is -2.43. The Morgan fingerprint density at radius 2 is 1.76 bits per heavy atom. The number of hydrogen-bond acceptors (Lipinski definition) is 5. The Bertz CT molecular complexity index is 1120. The molecule has 3 atom stereocenters. The maximum atomic E-state index is 16.2. The van der Waals surface area contributed by atoms with Gasteiger partial charge in [0.1, 0.15) is 5.67 Å². The number of carbonyl (C=O) groups is 1. The van der Waals surface area contributed by atoms with Crippen LogP contribution in [0.15, 0.2) is 36.4 Å². The average molecular weight is 485 g/mol. The highest BCUT2D eigenvalue weighted by atomic mass is 35.5. The number of methoxy groups -OCH3 is 2. The monoisotopic (exact) mass is 484 g/mol. The lowest BCUT2D eigenvalue weighted by molar-refractivity contribution is -0.00655. The molecule has 0 aromatic heterocycles. The molecule has 2 aromatic rings. The summed E-state index contributed by atoms with van der Waals surface area (Å²) < 4.78 is 27.0. The zero-order chi connectivity index (χ0) is 23.2. The number of ether oxygens (including phenoxy) is 2. The lowest BCUT2D eigenvalue weighted by atomic mass is 9.79. The molecule has 2 fully saturated rings. The number of fused-ring (bicyclic) bond motifs is 3. The second kappa shape index (κ2) is 9.56. The fraction of sp³-hybridized carbons (Fsp3) is 0.481. The van der Waals surface area contributed by atoms with Gasteiger partial charge in [-0.05, 0) is 67.9 Å². The van der Waals surface area contributed by atoms with Crippen molar-refractivity contribution in [3.63, 3.8) is 0 Å². The molecule has 5 nitrogen and oxygen atoms in total. The summed E-state index contributed by atoms with van der Waals surface area (Å²) in [7, 11) is 3.13. The van der Waals surface area contributed by atoms with E-state index >= 15 is 4.39 Å². The Balaban J connectivity index is 0.00000274. The van der Waals surface area contributed by atoms with E-state index in [0.717, 1.165) is 24.0 Å². The van der Waals surface area contributed by atoms with E-state index in [1.807, 2.05) is 30.3 Å². The van der Waals surface area contributed by atoms with Crippen molar-refractivity contribution in [2.45, 2.75) is 62.8 Å². The molecule has 0 amide bonds. The van der Waals surface area contributed by atoms with E-state index in [0.29, 0.717) is 48.4 Å². The SMILES string of the molecule is COc1cc2c(cc1OC)C(=O)C(CC1(F)CC3CCC(C1)N3Cc1ccccc1C#N)C2.Cl. The number of rotatable bonds is 6. The zero-order valence-electron chi connectivity index (χ0n) is 19.6. The predicted molar refractivity (Wildman–Crippen MR) is 130 cm³/mol. The van der Waals surface area contributed by atoms with Gasteiger partial charge in [-0.1, -0.05) is 18.2 Å². The number of nitriles is 1. The van der Waals surface area contributed by atoms with Crippen molar-refractivity contribution in [3.8, 4) is 17.6 Å². The maximum Gasteiger partial charge on any atom is 0.166 e. The van der Waals surface area contributed by atoms with E-state index in [1.165, 1.54) is 0 Å². The van der Waals surface area contributed by atoms with Gasteiger partial charge in [-0.15, -0.1) is 12.4 Å². The number of hydrogen-bond donors (Lipinski definition) is 0. The maximum absolute atomic E-state index is 16.2. The molecule has 3 aliphatic rings. The molecule has 0 spiro atoms. The van der Waals surface area contributed by atoms with Gasteiger partial charge in [0.2, 0.25) is 0 Å². The molecule has 180 valence electrons. The van der Waals surface area contributed by atoms with Crippen molar-refractivity contribution in [1.29, 1.82) is 5.26 Å². The van der Waals surface area contributed by atoms with E-state index < -0.39 is 5.67 Å². The third kappa shape index (κ3) is 4.28. The molecule has 2 heterocycles. The topological polar surface area (TPSA) is 62.6 Å². The van der Waals surface area contributed by atoms with Gasteiger partial charge in [0.15, 0.2) is 17.3 Å². The van der Waals surface area contributed by atoms with Gasteiger partial charge in [0.05, 0.1) is 25.9 Å². The van der Waals surface area contributed by atoms with Crippen LogP contribution in [0.3, 0.4) is 0 Å². The predicted octanol–water partition coefficient (Wildman–Crippen LogP) is 5.28. The third-order valence-electron chi connectivity index (χ3n) is 7.79.